The minimum Gasteiger partial charge on any atom is -0.348 e. The van der Waals surface area contributed by atoms with Crippen molar-refractivity contribution in [1.82, 2.24) is 19.1 Å². The predicted molar refractivity (Wildman–Crippen MR) is 121 cm³/mol. The maximum absolute atomic E-state index is 13.0. The van der Waals surface area contributed by atoms with E-state index in [-0.39, 0.29) is 49.4 Å². The van der Waals surface area contributed by atoms with Crippen LogP contribution in [-0.2, 0) is 16.6 Å². The summed E-state index contributed by atoms with van der Waals surface area (Å²) < 4.78 is 25.7. The van der Waals surface area contributed by atoms with E-state index in [0.717, 1.165) is 11.8 Å². The molecule has 0 aliphatic carbocycles. The normalized spacial score (nSPS) is 16.2. The molecule has 0 fully saturated rings. The van der Waals surface area contributed by atoms with Gasteiger partial charge in [0.2, 0.25) is 10.0 Å². The lowest BCUT2D eigenvalue weighted by Crippen LogP contribution is -2.49. The fourth-order valence-corrected chi connectivity index (χ4v) is 4.02. The number of nitrogens with one attached hydrogen (secondary N) is 1. The summed E-state index contributed by atoms with van der Waals surface area (Å²) in [5.74, 6) is -0.910. The molecule has 1 aliphatic rings. The second-order valence-electron chi connectivity index (χ2n) is 7.80. The Hall–Kier alpha value is -2.69. The summed E-state index contributed by atoms with van der Waals surface area (Å²) in [5, 5.41) is 3.30. The second kappa shape index (κ2) is 9.43. The number of benzene rings is 1. The third kappa shape index (κ3) is 5.20. The van der Waals surface area contributed by atoms with E-state index in [0.29, 0.717) is 5.02 Å². The second-order valence-corrected chi connectivity index (χ2v) is 10.3. The highest BCUT2D eigenvalue weighted by Crippen LogP contribution is 2.19. The van der Waals surface area contributed by atoms with Gasteiger partial charge >= 0.3 is 0 Å². The highest BCUT2D eigenvalue weighted by molar-refractivity contribution is 7.88. The number of hydrogen-bond acceptors (Lipinski definition) is 5. The van der Waals surface area contributed by atoms with Crippen molar-refractivity contribution in [3.63, 3.8) is 0 Å². The van der Waals surface area contributed by atoms with Gasteiger partial charge in [0, 0.05) is 38.2 Å². The molecule has 9 nitrogen and oxygen atoms in total. The SMILES string of the molecule is CC1CN(CCN(C)S(C)(=O)=O)C(=O)c2ccc(C(=O)NCc3ccc(Cl)cc3)c(=O)n21. The average Bonchev–Trinajstić information content (AvgIpc) is 2.73. The molecule has 1 aromatic heterocycles. The van der Waals surface area contributed by atoms with Crippen molar-refractivity contribution >= 4 is 33.4 Å². The van der Waals surface area contributed by atoms with Crippen LogP contribution in [0.15, 0.2) is 41.2 Å². The third-order valence-electron chi connectivity index (χ3n) is 5.41. The van der Waals surface area contributed by atoms with Crippen LogP contribution in [0.5, 0.6) is 0 Å². The van der Waals surface area contributed by atoms with Gasteiger partial charge in [0.1, 0.15) is 11.3 Å². The minimum atomic E-state index is -3.36. The zero-order chi connectivity index (χ0) is 23.6. The Kier molecular flexibility index (Phi) is 7.06. The van der Waals surface area contributed by atoms with Gasteiger partial charge in [-0.25, -0.2) is 12.7 Å². The predicted octanol–water partition coefficient (Wildman–Crippen LogP) is 1.34. The molecule has 11 heteroatoms. The first-order valence-electron chi connectivity index (χ1n) is 9.98. The number of nitrogens with zero attached hydrogens (tertiary/aromatic N) is 3. The summed E-state index contributed by atoms with van der Waals surface area (Å²) in [7, 11) is -1.91. The first kappa shape index (κ1) is 24.0. The number of likely N-dealkylation sites (N-methyl/N-ethyl adjacent to an activating group) is 1. The van der Waals surface area contributed by atoms with Crippen molar-refractivity contribution in [3.8, 4) is 0 Å². The molecular formula is C21H25ClN4O5S. The molecule has 0 radical (unpaired) electrons. The van der Waals surface area contributed by atoms with Crippen LogP contribution in [0.2, 0.25) is 5.02 Å². The Morgan fingerprint density at radius 2 is 1.84 bits per heavy atom. The highest BCUT2D eigenvalue weighted by atomic mass is 35.5. The monoisotopic (exact) mass is 480 g/mol. The van der Waals surface area contributed by atoms with Crippen molar-refractivity contribution in [2.75, 3.05) is 32.9 Å². The van der Waals surface area contributed by atoms with Gasteiger partial charge in [-0.15, -0.1) is 0 Å². The Labute approximate surface area is 191 Å². The zero-order valence-electron chi connectivity index (χ0n) is 18.0. The molecule has 1 atom stereocenters. The van der Waals surface area contributed by atoms with Crippen molar-refractivity contribution in [2.45, 2.75) is 19.5 Å². The summed E-state index contributed by atoms with van der Waals surface area (Å²) >= 11 is 5.86. The molecule has 1 aromatic carbocycles. The first-order valence-corrected chi connectivity index (χ1v) is 12.2. The van der Waals surface area contributed by atoms with Gasteiger partial charge in [0.25, 0.3) is 17.4 Å². The fraction of sp³-hybridized carbons (Fsp3) is 0.381. The number of rotatable bonds is 7. The van der Waals surface area contributed by atoms with Crippen molar-refractivity contribution < 1.29 is 18.0 Å². The summed E-state index contributed by atoms with van der Waals surface area (Å²) in [6, 6.07) is 9.42. The lowest BCUT2D eigenvalue weighted by molar-refractivity contribution is 0.0663. The molecule has 1 aliphatic heterocycles. The molecule has 2 heterocycles. The molecule has 2 amide bonds. The summed E-state index contributed by atoms with van der Waals surface area (Å²) in [4.78, 5) is 40.0. The number of sulfonamides is 1. The number of pyridine rings is 1. The average molecular weight is 481 g/mol. The van der Waals surface area contributed by atoms with Gasteiger partial charge in [-0.2, -0.15) is 0 Å². The van der Waals surface area contributed by atoms with Crippen LogP contribution in [-0.4, -0.2) is 66.9 Å². The van der Waals surface area contributed by atoms with Gasteiger partial charge < -0.3 is 10.2 Å². The molecular weight excluding hydrogens is 456 g/mol. The smallest absolute Gasteiger partial charge is 0.270 e. The lowest BCUT2D eigenvalue weighted by Gasteiger charge is -2.34. The summed E-state index contributed by atoms with van der Waals surface area (Å²) in [6.45, 7) is 2.59. The topological polar surface area (TPSA) is 109 Å². The van der Waals surface area contributed by atoms with Crippen LogP contribution in [0.4, 0.5) is 0 Å². The van der Waals surface area contributed by atoms with Crippen LogP contribution in [0.1, 0.15) is 39.4 Å². The van der Waals surface area contributed by atoms with Crippen molar-refractivity contribution in [2.24, 2.45) is 0 Å². The van der Waals surface area contributed by atoms with Crippen LogP contribution in [0, 0.1) is 0 Å². The highest BCUT2D eigenvalue weighted by Gasteiger charge is 2.31. The quantitative estimate of drug-likeness (QED) is 0.643. The van der Waals surface area contributed by atoms with Crippen LogP contribution in [0.3, 0.4) is 0 Å². The number of halogens is 1. The maximum Gasteiger partial charge on any atom is 0.270 e. The number of carbonyl (C=O) groups excluding carboxylic acids is 2. The van der Waals surface area contributed by atoms with Gasteiger partial charge in [-0.05, 0) is 36.8 Å². The maximum atomic E-state index is 13.0. The molecule has 172 valence electrons. The van der Waals surface area contributed by atoms with E-state index in [1.165, 1.54) is 33.0 Å². The standard InChI is InChI=1S/C21H25ClN4O5S/c1-14-13-25(11-10-24(2)32(3,30)31)21(29)18-9-8-17(20(28)26(14)18)19(27)23-12-15-4-6-16(22)7-5-15/h4-9,14H,10-13H2,1-3H3,(H,23,27). The number of aromatic nitrogens is 1. The minimum absolute atomic E-state index is 0.0485. The van der Waals surface area contributed by atoms with E-state index in [9.17, 15) is 22.8 Å². The van der Waals surface area contributed by atoms with Crippen LogP contribution < -0.4 is 10.9 Å². The number of carbonyl (C=O) groups is 2. The van der Waals surface area contributed by atoms with E-state index in [2.05, 4.69) is 5.32 Å². The molecule has 3 rings (SSSR count). The summed E-state index contributed by atoms with van der Waals surface area (Å²) in [5.41, 5.74) is 0.418. The van der Waals surface area contributed by atoms with Gasteiger partial charge in [0.15, 0.2) is 0 Å². The molecule has 1 unspecified atom stereocenters. The number of amides is 2. The van der Waals surface area contributed by atoms with Crippen LogP contribution >= 0.6 is 11.6 Å². The third-order valence-corrected chi connectivity index (χ3v) is 6.98. The Balaban J connectivity index is 1.76. The molecule has 32 heavy (non-hydrogen) atoms. The van der Waals surface area contributed by atoms with E-state index >= 15 is 0 Å². The Morgan fingerprint density at radius 1 is 1.19 bits per heavy atom. The number of fused-ring (bicyclic) bond motifs is 1. The van der Waals surface area contributed by atoms with Gasteiger partial charge in [0.05, 0.1) is 12.3 Å². The van der Waals surface area contributed by atoms with E-state index in [1.807, 2.05) is 0 Å². The Bertz CT molecular complexity index is 1190. The largest absolute Gasteiger partial charge is 0.348 e. The van der Waals surface area contributed by atoms with Crippen molar-refractivity contribution in [1.29, 1.82) is 0 Å². The van der Waals surface area contributed by atoms with Crippen LogP contribution in [0.25, 0.3) is 0 Å². The van der Waals surface area contributed by atoms with Gasteiger partial charge in [-0.3, -0.25) is 19.0 Å². The van der Waals surface area contributed by atoms with Crippen molar-refractivity contribution in [3.05, 3.63) is 68.6 Å². The molecule has 1 N–H and O–H groups in total. The first-order chi connectivity index (χ1) is 15.0. The van der Waals surface area contributed by atoms with E-state index in [1.54, 1.807) is 31.2 Å². The number of hydrogen-bond donors (Lipinski definition) is 1. The Morgan fingerprint density at radius 3 is 2.47 bits per heavy atom. The molecule has 0 spiro atoms. The molecule has 0 saturated carbocycles. The van der Waals surface area contributed by atoms with E-state index in [4.69, 9.17) is 11.6 Å². The molecule has 2 aromatic rings. The van der Waals surface area contributed by atoms with E-state index < -0.39 is 21.5 Å². The van der Waals surface area contributed by atoms with Gasteiger partial charge in [-0.1, -0.05) is 23.7 Å². The molecule has 0 bridgehead atoms. The lowest BCUT2D eigenvalue weighted by atomic mass is 10.1. The zero-order valence-corrected chi connectivity index (χ0v) is 19.6. The fourth-order valence-electron chi connectivity index (χ4n) is 3.48. The summed E-state index contributed by atoms with van der Waals surface area (Å²) in [6.07, 6.45) is 1.10. The molecule has 0 saturated heterocycles.